The third-order valence-corrected chi connectivity index (χ3v) is 2.91. The Hall–Kier alpha value is -2.57. The van der Waals surface area contributed by atoms with E-state index in [-0.39, 0.29) is 0 Å². The summed E-state index contributed by atoms with van der Waals surface area (Å²) in [6.07, 6.45) is -0.452. The number of rotatable bonds is 6. The number of amides is 3. The molecule has 0 saturated carbocycles. The summed E-state index contributed by atoms with van der Waals surface area (Å²) in [6, 6.07) is 5.31. The number of carbonyl (C=O) groups is 3. The van der Waals surface area contributed by atoms with Gasteiger partial charge in [-0.1, -0.05) is 17.7 Å². The van der Waals surface area contributed by atoms with Crippen LogP contribution in [0.4, 0.5) is 10.5 Å². The lowest BCUT2D eigenvalue weighted by Gasteiger charge is -2.23. The molecule has 21 heavy (non-hydrogen) atoms. The van der Waals surface area contributed by atoms with E-state index < -0.39 is 30.4 Å². The van der Waals surface area contributed by atoms with Gasteiger partial charge in [0, 0.05) is 12.2 Å². The summed E-state index contributed by atoms with van der Waals surface area (Å²) >= 11 is 0. The van der Waals surface area contributed by atoms with Crippen LogP contribution < -0.4 is 16.0 Å². The van der Waals surface area contributed by atoms with Crippen molar-refractivity contribution in [1.82, 2.24) is 5.32 Å². The fraction of sp³-hybridized carbons (Fsp3) is 0.357. The molecule has 1 atom stereocenters. The Morgan fingerprint density at radius 1 is 1.29 bits per heavy atom. The molecule has 0 fully saturated rings. The lowest BCUT2D eigenvalue weighted by molar-refractivity contribution is -0.140. The number of aryl methyl sites for hydroxylation is 1. The average Bonchev–Trinajstić information content (AvgIpc) is 2.40. The van der Waals surface area contributed by atoms with Crippen molar-refractivity contribution in [2.75, 3.05) is 11.4 Å². The Balaban J connectivity index is 2.85. The molecule has 4 N–H and O–H groups in total. The van der Waals surface area contributed by atoms with Crippen molar-refractivity contribution in [3.8, 4) is 0 Å². The Labute approximate surface area is 122 Å². The second-order valence-electron chi connectivity index (χ2n) is 4.59. The third-order valence-electron chi connectivity index (χ3n) is 2.91. The van der Waals surface area contributed by atoms with Crippen LogP contribution in [0.1, 0.15) is 18.9 Å². The molecule has 0 aromatic heterocycles. The lowest BCUT2D eigenvalue weighted by atomic mass is 10.2. The molecule has 1 aromatic rings. The summed E-state index contributed by atoms with van der Waals surface area (Å²) in [5.41, 5.74) is 6.67. The number of hydrogen-bond acceptors (Lipinski definition) is 3. The van der Waals surface area contributed by atoms with Gasteiger partial charge in [0.15, 0.2) is 0 Å². The van der Waals surface area contributed by atoms with E-state index >= 15 is 0 Å². The number of aliphatic carboxylic acids is 1. The quantitative estimate of drug-likeness (QED) is 0.722. The predicted octanol–water partition coefficient (Wildman–Crippen LogP) is 0.860. The lowest BCUT2D eigenvalue weighted by Crippen LogP contribution is -2.49. The van der Waals surface area contributed by atoms with Gasteiger partial charge in [-0.2, -0.15) is 0 Å². The number of benzene rings is 1. The van der Waals surface area contributed by atoms with E-state index in [9.17, 15) is 14.4 Å². The van der Waals surface area contributed by atoms with Gasteiger partial charge in [0.25, 0.3) is 0 Å². The molecule has 0 aliphatic rings. The number of nitrogens with one attached hydrogen (secondary N) is 1. The van der Waals surface area contributed by atoms with Crippen molar-refractivity contribution in [1.29, 1.82) is 0 Å². The first-order chi connectivity index (χ1) is 9.85. The summed E-state index contributed by atoms with van der Waals surface area (Å²) < 4.78 is 0. The minimum absolute atomic E-state index is 0.359. The zero-order chi connectivity index (χ0) is 16.0. The topological polar surface area (TPSA) is 113 Å². The second kappa shape index (κ2) is 7.28. The zero-order valence-electron chi connectivity index (χ0n) is 12.0. The van der Waals surface area contributed by atoms with E-state index in [0.29, 0.717) is 12.2 Å². The highest BCUT2D eigenvalue weighted by atomic mass is 16.4. The zero-order valence-corrected chi connectivity index (χ0v) is 12.0. The molecular formula is C14H19N3O4. The summed E-state index contributed by atoms with van der Waals surface area (Å²) in [7, 11) is 0. The van der Waals surface area contributed by atoms with Gasteiger partial charge in [0.05, 0.1) is 6.42 Å². The molecule has 0 aliphatic heterocycles. The van der Waals surface area contributed by atoms with E-state index in [0.717, 1.165) is 5.56 Å². The number of carboxylic acid groups (broad SMARTS) is 1. The molecule has 7 heteroatoms. The first-order valence-electron chi connectivity index (χ1n) is 6.51. The van der Waals surface area contributed by atoms with Crippen LogP contribution in [-0.4, -0.2) is 35.6 Å². The maximum atomic E-state index is 12.2. The van der Waals surface area contributed by atoms with Gasteiger partial charge < -0.3 is 16.2 Å². The molecule has 1 aromatic carbocycles. The monoisotopic (exact) mass is 293 g/mol. The van der Waals surface area contributed by atoms with E-state index in [1.54, 1.807) is 19.1 Å². The van der Waals surface area contributed by atoms with Crippen molar-refractivity contribution >= 4 is 23.6 Å². The Morgan fingerprint density at radius 3 is 2.29 bits per heavy atom. The van der Waals surface area contributed by atoms with Gasteiger partial charge in [-0.3, -0.25) is 9.69 Å². The molecule has 0 radical (unpaired) electrons. The van der Waals surface area contributed by atoms with Crippen LogP contribution in [0.5, 0.6) is 0 Å². The number of urea groups is 1. The van der Waals surface area contributed by atoms with Crippen LogP contribution in [-0.2, 0) is 9.59 Å². The van der Waals surface area contributed by atoms with Gasteiger partial charge in [0.2, 0.25) is 5.91 Å². The summed E-state index contributed by atoms with van der Waals surface area (Å²) in [5, 5.41) is 11.3. The molecule has 0 saturated heterocycles. The minimum atomic E-state index is -1.34. The van der Waals surface area contributed by atoms with Gasteiger partial charge in [0.1, 0.15) is 6.04 Å². The highest BCUT2D eigenvalue weighted by Crippen LogP contribution is 2.15. The fourth-order valence-corrected chi connectivity index (χ4v) is 1.80. The SMILES string of the molecule is CCN(C(=O)NC(CC(N)=O)C(=O)O)c1ccc(C)cc1. The van der Waals surface area contributed by atoms with Crippen LogP contribution in [0.2, 0.25) is 0 Å². The molecule has 114 valence electrons. The Bertz CT molecular complexity index is 528. The highest BCUT2D eigenvalue weighted by Gasteiger charge is 2.24. The van der Waals surface area contributed by atoms with Crippen LogP contribution in [0.15, 0.2) is 24.3 Å². The maximum Gasteiger partial charge on any atom is 0.326 e. The van der Waals surface area contributed by atoms with E-state index in [2.05, 4.69) is 5.32 Å². The number of nitrogens with zero attached hydrogens (tertiary/aromatic N) is 1. The van der Waals surface area contributed by atoms with Crippen molar-refractivity contribution in [2.45, 2.75) is 26.3 Å². The minimum Gasteiger partial charge on any atom is -0.480 e. The van der Waals surface area contributed by atoms with Crippen molar-refractivity contribution in [3.63, 3.8) is 0 Å². The molecule has 1 rings (SSSR count). The number of primary amides is 1. The summed E-state index contributed by atoms with van der Waals surface area (Å²) in [4.78, 5) is 35.4. The standard InChI is InChI=1S/C14H19N3O4/c1-3-17(10-6-4-9(2)5-7-10)14(21)16-11(13(19)20)8-12(15)18/h4-7,11H,3,8H2,1-2H3,(H2,15,18)(H,16,21)(H,19,20). The number of carbonyl (C=O) groups excluding carboxylic acids is 2. The first-order valence-corrected chi connectivity index (χ1v) is 6.51. The first kappa shape index (κ1) is 16.5. The van der Waals surface area contributed by atoms with Gasteiger partial charge in [-0.05, 0) is 26.0 Å². The van der Waals surface area contributed by atoms with Crippen LogP contribution in [0.3, 0.4) is 0 Å². The molecule has 1 unspecified atom stereocenters. The smallest absolute Gasteiger partial charge is 0.326 e. The van der Waals surface area contributed by atoms with Gasteiger partial charge in [-0.15, -0.1) is 0 Å². The molecule has 0 heterocycles. The van der Waals surface area contributed by atoms with Crippen molar-refractivity contribution in [2.24, 2.45) is 5.73 Å². The molecule has 3 amide bonds. The summed E-state index contributed by atoms with van der Waals surface area (Å²) in [5.74, 6) is -2.09. The number of hydrogen-bond donors (Lipinski definition) is 3. The molecular weight excluding hydrogens is 274 g/mol. The van der Waals surface area contributed by atoms with E-state index in [1.165, 1.54) is 4.90 Å². The number of nitrogens with two attached hydrogens (primary N) is 1. The number of anilines is 1. The third kappa shape index (κ3) is 4.79. The molecule has 0 spiro atoms. The number of carboxylic acids is 1. The predicted molar refractivity (Wildman–Crippen MR) is 78.0 cm³/mol. The Morgan fingerprint density at radius 2 is 1.86 bits per heavy atom. The Kier molecular flexibility index (Phi) is 5.71. The van der Waals surface area contributed by atoms with Gasteiger partial charge in [-0.25, -0.2) is 9.59 Å². The van der Waals surface area contributed by atoms with Gasteiger partial charge >= 0.3 is 12.0 Å². The van der Waals surface area contributed by atoms with E-state index in [4.69, 9.17) is 10.8 Å². The van der Waals surface area contributed by atoms with Crippen LogP contribution in [0, 0.1) is 6.92 Å². The normalized spacial score (nSPS) is 11.5. The van der Waals surface area contributed by atoms with Crippen LogP contribution >= 0.6 is 0 Å². The largest absolute Gasteiger partial charge is 0.480 e. The summed E-state index contributed by atoms with van der Waals surface area (Å²) in [6.45, 7) is 4.05. The highest BCUT2D eigenvalue weighted by molar-refractivity contribution is 5.95. The maximum absolute atomic E-state index is 12.2. The molecule has 7 nitrogen and oxygen atoms in total. The fourth-order valence-electron chi connectivity index (χ4n) is 1.80. The van der Waals surface area contributed by atoms with E-state index in [1.807, 2.05) is 19.1 Å². The van der Waals surface area contributed by atoms with Crippen molar-refractivity contribution in [3.05, 3.63) is 29.8 Å². The van der Waals surface area contributed by atoms with Crippen LogP contribution in [0.25, 0.3) is 0 Å². The average molecular weight is 293 g/mol. The second-order valence-corrected chi connectivity index (χ2v) is 4.59. The molecule has 0 aliphatic carbocycles. The molecule has 0 bridgehead atoms. The van der Waals surface area contributed by atoms with Crippen molar-refractivity contribution < 1.29 is 19.5 Å².